The standard InChI is InChI=1S/C34H64N6O20.4C2H4/c41-5-9-49-19-31(20-50-10-6-42)53-15-29(16-54-32(21-51-11-7-43)22-52-12-8-44)39-13-27(35-37-39)3-1-2-4-28-14-40(38-36-28)30(17-55-33(23-57-45)24-58-46)18-56-34(25-59-47)26-60-48;4*1-2/h13-14,29-34,41-48H,1-12,15-26H2;4*1-2H2. The molecule has 2 heterocycles. The molecule has 0 aliphatic carbocycles. The van der Waals surface area contributed by atoms with E-state index in [1.165, 1.54) is 4.68 Å². The first-order chi connectivity index (χ1) is 33.4. The fourth-order valence-electron chi connectivity index (χ4n) is 5.24. The summed E-state index contributed by atoms with van der Waals surface area (Å²) in [5.41, 5.74) is 1.38. The fourth-order valence-corrected chi connectivity index (χ4v) is 5.24. The van der Waals surface area contributed by atoms with E-state index in [4.69, 9.17) is 79.3 Å². The number of nitrogens with zero attached hydrogens (tertiary/aromatic N) is 6. The van der Waals surface area contributed by atoms with Crippen molar-refractivity contribution in [3.63, 3.8) is 0 Å². The molecule has 2 aromatic heterocycles. The lowest BCUT2D eigenvalue weighted by Gasteiger charge is -2.25. The SMILES string of the molecule is C=C.C=C.C=C.C=C.OCCOCC(COCCO)OCC(COC(COCCO)COCCO)n1cc(CCCCc2cn(C(COC(COO)COO)COC(COO)COO)nn2)nn1. The molecule has 0 radical (unpaired) electrons. The van der Waals surface area contributed by atoms with Gasteiger partial charge in [0.15, 0.2) is 0 Å². The van der Waals surface area contributed by atoms with Crippen LogP contribution in [-0.2, 0) is 70.3 Å². The molecule has 398 valence electrons. The Bertz CT molecular complexity index is 1240. The quantitative estimate of drug-likeness (QED) is 0.0201. The molecule has 0 bridgehead atoms. The van der Waals surface area contributed by atoms with Crippen molar-refractivity contribution in [3.8, 4) is 0 Å². The third-order valence-electron chi connectivity index (χ3n) is 8.28. The average molecular weight is 989 g/mol. The predicted octanol–water partition coefficient (Wildman–Crippen LogP) is 1.26. The Morgan fingerprint density at radius 3 is 0.882 bits per heavy atom. The van der Waals surface area contributed by atoms with Crippen molar-refractivity contribution in [1.29, 1.82) is 0 Å². The summed E-state index contributed by atoms with van der Waals surface area (Å²) in [5, 5.41) is 89.2. The Kier molecular flexibility index (Phi) is 53.4. The van der Waals surface area contributed by atoms with E-state index in [1.807, 2.05) is 0 Å². The van der Waals surface area contributed by atoms with E-state index in [9.17, 15) is 0 Å². The van der Waals surface area contributed by atoms with Gasteiger partial charge in [0.05, 0.1) is 117 Å². The number of hydrogen-bond acceptors (Lipinski definition) is 24. The molecule has 2 rings (SSSR count). The van der Waals surface area contributed by atoms with Crippen LogP contribution < -0.4 is 0 Å². The molecule has 26 nitrogen and oxygen atoms in total. The molecular weight excluding hydrogens is 908 g/mol. The topological polar surface area (TPSA) is 334 Å². The summed E-state index contributed by atoms with van der Waals surface area (Å²) in [6, 6.07) is -1.08. The Balaban J connectivity index is -0.00000500. The molecule has 26 heteroatoms. The minimum Gasteiger partial charge on any atom is -0.394 e. The van der Waals surface area contributed by atoms with E-state index in [2.05, 4.69) is 92.8 Å². The van der Waals surface area contributed by atoms with E-state index >= 15 is 0 Å². The molecule has 0 fully saturated rings. The van der Waals surface area contributed by atoms with Gasteiger partial charge in [0.2, 0.25) is 0 Å². The third-order valence-corrected chi connectivity index (χ3v) is 8.28. The normalized spacial score (nSPS) is 11.1. The highest BCUT2D eigenvalue weighted by atomic mass is 17.1. The molecule has 0 saturated carbocycles. The van der Waals surface area contributed by atoms with Gasteiger partial charge in [-0.25, -0.2) is 28.9 Å². The highest BCUT2D eigenvalue weighted by Crippen LogP contribution is 2.16. The molecule has 68 heavy (non-hydrogen) atoms. The molecule has 0 atom stereocenters. The van der Waals surface area contributed by atoms with Crippen molar-refractivity contribution >= 4 is 0 Å². The van der Waals surface area contributed by atoms with Crippen LogP contribution in [0.4, 0.5) is 0 Å². The number of ether oxygens (including phenoxy) is 8. The lowest BCUT2D eigenvalue weighted by atomic mass is 10.1. The zero-order valence-electron chi connectivity index (χ0n) is 39.4. The summed E-state index contributed by atoms with van der Waals surface area (Å²) in [6.45, 7) is 23.3. The minimum atomic E-state index is -0.840. The summed E-state index contributed by atoms with van der Waals surface area (Å²) < 4.78 is 48.8. The summed E-state index contributed by atoms with van der Waals surface area (Å²) >= 11 is 0. The summed E-state index contributed by atoms with van der Waals surface area (Å²) in [6.07, 6.45) is 3.32. The largest absolute Gasteiger partial charge is 0.394 e. The molecule has 0 amide bonds. The summed E-state index contributed by atoms with van der Waals surface area (Å²) in [4.78, 5) is 16.5. The van der Waals surface area contributed by atoms with Crippen LogP contribution in [0.3, 0.4) is 0 Å². The predicted molar refractivity (Wildman–Crippen MR) is 245 cm³/mol. The highest BCUT2D eigenvalue weighted by Gasteiger charge is 2.23. The lowest BCUT2D eigenvalue weighted by Crippen LogP contribution is -2.34. The molecule has 0 spiro atoms. The van der Waals surface area contributed by atoms with Crippen LogP contribution in [0.2, 0.25) is 0 Å². The van der Waals surface area contributed by atoms with Gasteiger partial charge in [-0.15, -0.1) is 62.8 Å². The molecule has 8 N–H and O–H groups in total. The van der Waals surface area contributed by atoms with Gasteiger partial charge >= 0.3 is 0 Å². The van der Waals surface area contributed by atoms with Crippen molar-refractivity contribution in [1.82, 2.24) is 30.0 Å². The monoisotopic (exact) mass is 989 g/mol. The number of rotatable bonds is 43. The molecule has 0 aliphatic heterocycles. The molecule has 0 aliphatic rings. The van der Waals surface area contributed by atoms with Crippen molar-refractivity contribution in [2.75, 3.05) is 132 Å². The van der Waals surface area contributed by atoms with Crippen molar-refractivity contribution in [2.24, 2.45) is 0 Å². The number of aryl methyl sites for hydroxylation is 2. The van der Waals surface area contributed by atoms with Crippen molar-refractivity contribution < 1.29 is 98.9 Å². The van der Waals surface area contributed by atoms with Gasteiger partial charge in [0, 0.05) is 12.4 Å². The van der Waals surface area contributed by atoms with Crippen LogP contribution in [0.1, 0.15) is 36.3 Å². The number of aliphatic hydroxyl groups is 4. The Morgan fingerprint density at radius 2 is 0.647 bits per heavy atom. The molecular formula is C42H80N6O20. The molecule has 0 saturated heterocycles. The molecule has 2 aromatic rings. The van der Waals surface area contributed by atoms with Gasteiger partial charge < -0.3 is 58.3 Å². The number of aliphatic hydroxyl groups excluding tert-OH is 4. The first kappa shape index (κ1) is 68.7. The van der Waals surface area contributed by atoms with E-state index < -0.39 is 36.5 Å². The minimum absolute atomic E-state index is 0.0507. The van der Waals surface area contributed by atoms with Gasteiger partial charge in [0.1, 0.15) is 62.9 Å². The van der Waals surface area contributed by atoms with Crippen molar-refractivity contribution in [2.45, 2.75) is 62.2 Å². The summed E-state index contributed by atoms with van der Waals surface area (Å²) in [7, 11) is 0. The summed E-state index contributed by atoms with van der Waals surface area (Å²) in [5.74, 6) is 0. The zero-order chi connectivity index (χ0) is 51.5. The van der Waals surface area contributed by atoms with Crippen LogP contribution >= 0.6 is 0 Å². The first-order valence-corrected chi connectivity index (χ1v) is 21.5. The second-order valence-electron chi connectivity index (χ2n) is 13.1. The van der Waals surface area contributed by atoms with Gasteiger partial charge in [0.25, 0.3) is 0 Å². The van der Waals surface area contributed by atoms with Crippen LogP contribution in [0.25, 0.3) is 0 Å². The van der Waals surface area contributed by atoms with Gasteiger partial charge in [-0.1, -0.05) is 10.4 Å². The second kappa shape index (κ2) is 52.8. The number of hydrogen-bond donors (Lipinski definition) is 8. The van der Waals surface area contributed by atoms with Crippen LogP contribution in [0, 0.1) is 0 Å². The molecule has 0 aromatic carbocycles. The van der Waals surface area contributed by atoms with Gasteiger partial charge in [-0.2, -0.15) is 0 Å². The van der Waals surface area contributed by atoms with Crippen molar-refractivity contribution in [3.05, 3.63) is 76.4 Å². The number of aromatic nitrogens is 6. The van der Waals surface area contributed by atoms with E-state index in [0.29, 0.717) is 37.1 Å². The maximum Gasteiger partial charge on any atom is 0.111 e. The van der Waals surface area contributed by atoms with E-state index in [-0.39, 0.29) is 132 Å². The highest BCUT2D eigenvalue weighted by molar-refractivity contribution is 4.96. The van der Waals surface area contributed by atoms with E-state index in [1.54, 1.807) is 17.1 Å². The molecule has 0 unspecified atom stereocenters. The lowest BCUT2D eigenvalue weighted by molar-refractivity contribution is -0.298. The fraction of sp³-hybridized carbons (Fsp3) is 0.714. The maximum atomic E-state index is 9.15. The second-order valence-corrected chi connectivity index (χ2v) is 13.1. The Hall–Kier alpha value is -3.56. The van der Waals surface area contributed by atoms with Gasteiger partial charge in [-0.05, 0) is 25.7 Å². The first-order valence-electron chi connectivity index (χ1n) is 21.5. The maximum absolute atomic E-state index is 9.15. The van der Waals surface area contributed by atoms with Crippen LogP contribution in [-0.4, -0.2) is 228 Å². The average Bonchev–Trinajstić information content (AvgIpc) is 4.06. The Labute approximate surface area is 399 Å². The van der Waals surface area contributed by atoms with E-state index in [0.717, 1.165) is 0 Å². The Morgan fingerprint density at radius 1 is 0.397 bits per heavy atom. The smallest absolute Gasteiger partial charge is 0.111 e. The van der Waals surface area contributed by atoms with Crippen LogP contribution in [0.15, 0.2) is 65.0 Å². The number of unbranched alkanes of at least 4 members (excludes halogenated alkanes) is 1. The van der Waals surface area contributed by atoms with Gasteiger partial charge in [-0.3, -0.25) is 21.0 Å². The third kappa shape index (κ3) is 35.5. The van der Waals surface area contributed by atoms with Crippen LogP contribution in [0.5, 0.6) is 0 Å². The zero-order valence-corrected chi connectivity index (χ0v) is 39.4.